The van der Waals surface area contributed by atoms with Crippen LogP contribution in [-0.4, -0.2) is 111 Å². The lowest BCUT2D eigenvalue weighted by Gasteiger charge is -2.37. The number of aromatic nitrogens is 6. The first-order valence-electron chi connectivity index (χ1n) is 29.1. The number of hydrogen-bond donors (Lipinski definition) is 3. The SMILES string of the molecule is COc1ccc(C(OC[C@H]2O[C@@H](n3cc(C)c(=O)[nH]c3=O)C[C@@H]2OP(O[C@H]2C[C@H](n3cc(C)c(=O)[nH]c3=O)O[C@@H]2COC(=O)c2ccccc2)O[C@H]2C[C@H](n3cc(C)c(=O)[nH]c3=O)O[C@@H]2COC(=O)c2ccccc2)(c2ccccc2)c2ccc(OC)cc2)cc1. The normalized spacial score (nSPS) is 21.4. The summed E-state index contributed by atoms with van der Waals surface area (Å²) >= 11 is 0. The van der Waals surface area contributed by atoms with Crippen molar-refractivity contribution in [3.05, 3.63) is 265 Å². The Kier molecular flexibility index (Phi) is 19.5. The molecule has 6 heterocycles. The zero-order chi connectivity index (χ0) is 63.9. The molecule has 0 aliphatic carbocycles. The predicted molar refractivity (Wildman–Crippen MR) is 327 cm³/mol. The maximum absolute atomic E-state index is 13.8. The minimum atomic E-state index is -2.86. The van der Waals surface area contributed by atoms with E-state index in [-0.39, 0.29) is 53.7 Å². The smallest absolute Gasteiger partial charge is 0.338 e. The summed E-state index contributed by atoms with van der Waals surface area (Å²) in [7, 11) is 0.267. The number of carbonyl (C=O) groups excluding carboxylic acids is 2. The van der Waals surface area contributed by atoms with Crippen LogP contribution in [0, 0.1) is 20.8 Å². The third-order valence-electron chi connectivity index (χ3n) is 16.0. The second-order valence-corrected chi connectivity index (χ2v) is 23.0. The Morgan fingerprint density at radius 1 is 0.462 bits per heavy atom. The van der Waals surface area contributed by atoms with E-state index in [4.69, 9.17) is 51.5 Å². The van der Waals surface area contributed by atoms with Gasteiger partial charge >= 0.3 is 37.6 Å². The van der Waals surface area contributed by atoms with Crippen LogP contribution >= 0.6 is 8.60 Å². The maximum atomic E-state index is 13.8. The first kappa shape index (κ1) is 63.4. The molecule has 3 aliphatic heterocycles. The molecule has 3 saturated heterocycles. The van der Waals surface area contributed by atoms with Crippen LogP contribution in [0.1, 0.15) is 92.0 Å². The van der Waals surface area contributed by atoms with Gasteiger partial charge in [-0.3, -0.25) is 43.0 Å². The van der Waals surface area contributed by atoms with Crippen molar-refractivity contribution in [2.45, 2.75) is 101 Å². The average molecular weight is 1270 g/mol. The Balaban J connectivity index is 1.01. The van der Waals surface area contributed by atoms with Crippen molar-refractivity contribution in [1.82, 2.24) is 28.7 Å². The van der Waals surface area contributed by atoms with Gasteiger partial charge in [0.1, 0.15) is 79.5 Å². The highest BCUT2D eigenvalue weighted by Crippen LogP contribution is 2.53. The highest BCUT2D eigenvalue weighted by Gasteiger charge is 2.49. The molecule has 26 heteroatoms. The summed E-state index contributed by atoms with van der Waals surface area (Å²) in [6.45, 7) is 3.42. The Morgan fingerprint density at radius 2 is 0.780 bits per heavy atom. The Morgan fingerprint density at radius 3 is 1.12 bits per heavy atom. The van der Waals surface area contributed by atoms with Crippen LogP contribution in [0.5, 0.6) is 11.5 Å². The molecular weight excluding hydrogens is 1200 g/mol. The summed E-state index contributed by atoms with van der Waals surface area (Å²) in [6.07, 6.45) is -6.67. The molecule has 91 heavy (non-hydrogen) atoms. The van der Waals surface area contributed by atoms with Gasteiger partial charge in [0.15, 0.2) is 0 Å². The van der Waals surface area contributed by atoms with Gasteiger partial charge in [0, 0.05) is 54.5 Å². The lowest BCUT2D eigenvalue weighted by atomic mass is 9.80. The van der Waals surface area contributed by atoms with E-state index < -0.39 is 128 Å². The topological polar surface area (TPSA) is 300 Å². The van der Waals surface area contributed by atoms with Crippen LogP contribution < -0.4 is 43.2 Å². The molecule has 8 aromatic rings. The van der Waals surface area contributed by atoms with Crippen molar-refractivity contribution in [1.29, 1.82) is 0 Å². The average Bonchev–Trinajstić information content (AvgIpc) is 1.25. The van der Waals surface area contributed by atoms with Gasteiger partial charge in [0.25, 0.3) is 16.7 Å². The molecule has 0 saturated carbocycles. The molecule has 11 rings (SSSR count). The van der Waals surface area contributed by atoms with E-state index in [9.17, 15) is 38.4 Å². The zero-order valence-electron chi connectivity index (χ0n) is 50.0. The Bertz CT molecular complexity index is 4040. The number of aromatic amines is 3. The fourth-order valence-electron chi connectivity index (χ4n) is 11.1. The van der Waals surface area contributed by atoms with E-state index in [0.29, 0.717) is 28.2 Å². The molecule has 3 N–H and O–H groups in total. The highest BCUT2D eigenvalue weighted by molar-refractivity contribution is 7.41. The number of benzene rings is 5. The lowest BCUT2D eigenvalue weighted by Crippen LogP contribution is -2.39. The number of ether oxygens (including phenoxy) is 8. The second-order valence-electron chi connectivity index (χ2n) is 21.9. The van der Waals surface area contributed by atoms with Crippen molar-refractivity contribution in [3.8, 4) is 11.5 Å². The number of esters is 2. The van der Waals surface area contributed by atoms with E-state index >= 15 is 0 Å². The first-order valence-corrected chi connectivity index (χ1v) is 30.2. The molecule has 0 radical (unpaired) electrons. The molecule has 25 nitrogen and oxygen atoms in total. The quantitative estimate of drug-likeness (QED) is 0.0347. The third kappa shape index (κ3) is 14.1. The Labute approximate surface area is 519 Å². The summed E-state index contributed by atoms with van der Waals surface area (Å²) in [6, 6.07) is 40.7. The largest absolute Gasteiger partial charge is 0.497 e. The number of hydrogen-bond acceptors (Lipinski definition) is 19. The monoisotopic (exact) mass is 1260 g/mol. The van der Waals surface area contributed by atoms with Crippen molar-refractivity contribution in [2.24, 2.45) is 0 Å². The molecule has 0 bridgehead atoms. The van der Waals surface area contributed by atoms with E-state index in [0.717, 1.165) is 0 Å². The molecule has 3 aliphatic rings. The summed E-state index contributed by atoms with van der Waals surface area (Å²) in [5.74, 6) is -0.236. The minimum Gasteiger partial charge on any atom is -0.497 e. The van der Waals surface area contributed by atoms with Gasteiger partial charge < -0.3 is 51.5 Å². The van der Waals surface area contributed by atoms with Crippen LogP contribution in [0.25, 0.3) is 0 Å². The van der Waals surface area contributed by atoms with Crippen molar-refractivity contribution in [3.63, 3.8) is 0 Å². The maximum Gasteiger partial charge on any atom is 0.338 e. The molecule has 3 aromatic heterocycles. The lowest BCUT2D eigenvalue weighted by molar-refractivity contribution is -0.0958. The van der Waals surface area contributed by atoms with Crippen LogP contribution in [0.4, 0.5) is 0 Å². The molecule has 474 valence electrons. The number of carbonyl (C=O) groups is 2. The fourth-order valence-corrected chi connectivity index (χ4v) is 12.6. The third-order valence-corrected chi connectivity index (χ3v) is 17.3. The van der Waals surface area contributed by atoms with Gasteiger partial charge in [-0.2, -0.15) is 0 Å². The van der Waals surface area contributed by atoms with Crippen LogP contribution in [-0.2, 0) is 47.6 Å². The van der Waals surface area contributed by atoms with Crippen LogP contribution in [0.3, 0.4) is 0 Å². The van der Waals surface area contributed by atoms with Crippen molar-refractivity contribution in [2.75, 3.05) is 34.0 Å². The van der Waals surface area contributed by atoms with Crippen LogP contribution in [0.15, 0.2) is 187 Å². The van der Waals surface area contributed by atoms with Gasteiger partial charge in [-0.1, -0.05) is 91.0 Å². The van der Waals surface area contributed by atoms with Crippen LogP contribution in [0.2, 0.25) is 0 Å². The minimum absolute atomic E-state index is 0.115. The van der Waals surface area contributed by atoms with Crippen molar-refractivity contribution >= 4 is 20.5 Å². The number of H-pyrrole nitrogens is 3. The zero-order valence-corrected chi connectivity index (χ0v) is 50.9. The molecule has 0 spiro atoms. The molecule has 5 aromatic carbocycles. The number of rotatable bonds is 23. The van der Waals surface area contributed by atoms with Crippen molar-refractivity contribution < 1.29 is 61.1 Å². The predicted octanol–water partition coefficient (Wildman–Crippen LogP) is 6.55. The molecule has 0 amide bonds. The van der Waals surface area contributed by atoms with E-state index in [2.05, 4.69) is 15.0 Å². The van der Waals surface area contributed by atoms with Gasteiger partial charge in [0.05, 0.1) is 38.1 Å². The molecule has 9 atom stereocenters. The van der Waals surface area contributed by atoms with Gasteiger partial charge in [-0.25, -0.2) is 24.0 Å². The van der Waals surface area contributed by atoms with E-state index in [1.807, 2.05) is 78.9 Å². The first-order chi connectivity index (χ1) is 44.0. The van der Waals surface area contributed by atoms with Gasteiger partial charge in [-0.15, -0.1) is 0 Å². The Hall–Kier alpha value is -9.17. The second kappa shape index (κ2) is 27.9. The summed E-state index contributed by atoms with van der Waals surface area (Å²) < 4.78 is 75.0. The fraction of sp³-hybridized carbons (Fsp3) is 0.323. The summed E-state index contributed by atoms with van der Waals surface area (Å²) in [5.41, 5.74) is -2.52. The van der Waals surface area contributed by atoms with Gasteiger partial charge in [0.2, 0.25) is 0 Å². The van der Waals surface area contributed by atoms with Gasteiger partial charge in [-0.05, 0) is 86.0 Å². The number of nitrogens with one attached hydrogen (secondary N) is 3. The van der Waals surface area contributed by atoms with E-state index in [1.54, 1.807) is 74.9 Å². The number of nitrogens with zero attached hydrogens (tertiary/aromatic N) is 3. The molecule has 0 unspecified atom stereocenters. The highest BCUT2D eigenvalue weighted by atomic mass is 31.2. The standard InChI is InChI=1S/C65H65N6O19P/c1-38-32-69(62(77)66-57(38)72)54-29-48(51(85-54)35-82-60(75)41-15-9-6-10-16-41)88-91(89-49-30-55(70-33-39(2)58(73)67-63(70)78)86-52(49)36-83-61(76)42-17-11-7-12-18-42)90-50-31-56(71-34-40(3)59(74)68-64(71)79)87-53(50)37-84-65(43-19-13-8-14-20-43,44-21-25-46(80-4)26-22-44)45-23-27-47(81-5)28-24-45/h6-28,32-34,48-56H,29-31,35-37H2,1-5H3,(H,66,72,77)(H,67,73,78)(H,68,74,79)/t48-,49-,50-,51+,52+,53+,54+,55+,56+/m0/s1. The summed E-state index contributed by atoms with van der Waals surface area (Å²) in [4.78, 5) is 113. The molecule has 3 fully saturated rings. The summed E-state index contributed by atoms with van der Waals surface area (Å²) in [5, 5.41) is 0. The van der Waals surface area contributed by atoms with E-state index in [1.165, 1.54) is 53.1 Å². The molecular formula is C65H65N6O19P. The number of methoxy groups -OCH3 is 2. The number of aryl methyl sites for hydroxylation is 3.